The van der Waals surface area contributed by atoms with Gasteiger partial charge in [0.25, 0.3) is 5.91 Å². The van der Waals surface area contributed by atoms with E-state index in [0.717, 1.165) is 0 Å². The fourth-order valence-electron chi connectivity index (χ4n) is 2.13. The number of rotatable bonds is 7. The van der Waals surface area contributed by atoms with Crippen LogP contribution < -0.4 is 10.1 Å². The number of hydrogen-bond donors (Lipinski definition) is 1. The molecule has 1 N–H and O–H groups in total. The van der Waals surface area contributed by atoms with Crippen LogP contribution in [0.2, 0.25) is 0 Å². The summed E-state index contributed by atoms with van der Waals surface area (Å²) < 4.78 is 33.8. The number of carbonyl (C=O) groups excluding carboxylic acids is 3. The lowest BCUT2D eigenvalue weighted by Crippen LogP contribution is -2.22. The molecule has 2 rings (SSSR count). The maximum Gasteiger partial charge on any atom is 0.387 e. The van der Waals surface area contributed by atoms with E-state index in [-0.39, 0.29) is 22.8 Å². The molecule has 0 saturated heterocycles. The minimum atomic E-state index is -3.10. The van der Waals surface area contributed by atoms with Gasteiger partial charge in [0.05, 0.1) is 5.69 Å². The summed E-state index contributed by atoms with van der Waals surface area (Å²) in [4.78, 5) is 35.4. The van der Waals surface area contributed by atoms with Crippen LogP contribution in [0.5, 0.6) is 5.75 Å². The number of nitrogens with one attached hydrogen (secondary N) is 1. The average Bonchev–Trinajstić information content (AvgIpc) is 2.60. The topological polar surface area (TPSA) is 81.7 Å². The number of Topliss-reactive ketones (excluding diaryl/α,β-unsaturated/α-hetero) is 1. The first-order valence-electron chi connectivity index (χ1n) is 7.49. The van der Waals surface area contributed by atoms with Crippen molar-refractivity contribution in [1.29, 1.82) is 0 Å². The number of para-hydroxylation sites is 2. The van der Waals surface area contributed by atoms with Crippen LogP contribution >= 0.6 is 0 Å². The molecule has 136 valence electrons. The van der Waals surface area contributed by atoms with E-state index in [1.54, 1.807) is 18.2 Å². The zero-order valence-corrected chi connectivity index (χ0v) is 13.7. The molecular weight excluding hydrogens is 348 g/mol. The highest BCUT2D eigenvalue weighted by atomic mass is 19.3. The third kappa shape index (κ3) is 5.10. The van der Waals surface area contributed by atoms with Gasteiger partial charge in [-0.1, -0.05) is 24.3 Å². The van der Waals surface area contributed by atoms with Gasteiger partial charge >= 0.3 is 12.6 Å². The first-order chi connectivity index (χ1) is 12.4. The van der Waals surface area contributed by atoms with Gasteiger partial charge < -0.3 is 14.8 Å². The molecule has 0 atom stereocenters. The molecule has 0 saturated carbocycles. The third-order valence-corrected chi connectivity index (χ3v) is 3.24. The Morgan fingerprint density at radius 3 is 2.27 bits per heavy atom. The van der Waals surface area contributed by atoms with Crippen molar-refractivity contribution in [2.75, 3.05) is 11.9 Å². The third-order valence-electron chi connectivity index (χ3n) is 3.24. The SMILES string of the molecule is CC(=O)c1ccccc1NC(=O)COC(=O)c1ccccc1OC(F)F. The molecule has 2 aromatic rings. The van der Waals surface area contributed by atoms with Gasteiger partial charge in [0, 0.05) is 5.56 Å². The first kappa shape index (κ1) is 19.0. The lowest BCUT2D eigenvalue weighted by molar-refractivity contribution is -0.119. The number of benzene rings is 2. The van der Waals surface area contributed by atoms with Crippen molar-refractivity contribution in [3.8, 4) is 5.75 Å². The molecule has 0 aliphatic rings. The van der Waals surface area contributed by atoms with Crippen LogP contribution in [0.4, 0.5) is 14.5 Å². The van der Waals surface area contributed by atoms with Gasteiger partial charge in [-0.25, -0.2) is 4.79 Å². The number of ether oxygens (including phenoxy) is 2. The largest absolute Gasteiger partial charge is 0.452 e. The summed E-state index contributed by atoms with van der Waals surface area (Å²) >= 11 is 0. The Bertz CT molecular complexity index is 823. The summed E-state index contributed by atoms with van der Waals surface area (Å²) in [5, 5.41) is 2.46. The number of carbonyl (C=O) groups is 3. The van der Waals surface area contributed by atoms with Crippen molar-refractivity contribution in [1.82, 2.24) is 0 Å². The smallest absolute Gasteiger partial charge is 0.387 e. The predicted molar refractivity (Wildman–Crippen MR) is 88.4 cm³/mol. The highest BCUT2D eigenvalue weighted by Gasteiger charge is 2.18. The fraction of sp³-hybridized carbons (Fsp3) is 0.167. The molecule has 0 aromatic heterocycles. The maximum atomic E-state index is 12.4. The van der Waals surface area contributed by atoms with Gasteiger partial charge in [0.15, 0.2) is 12.4 Å². The van der Waals surface area contributed by atoms with Gasteiger partial charge in [0.1, 0.15) is 11.3 Å². The molecule has 0 bridgehead atoms. The Labute approximate surface area is 147 Å². The van der Waals surface area contributed by atoms with E-state index in [1.807, 2.05) is 0 Å². The standard InChI is InChI=1S/C18H15F2NO5/c1-11(22)12-6-2-4-8-14(12)21-16(23)10-25-17(24)13-7-3-5-9-15(13)26-18(19)20/h2-9,18H,10H2,1H3,(H,21,23). The number of esters is 1. The molecule has 26 heavy (non-hydrogen) atoms. The maximum absolute atomic E-state index is 12.4. The Kier molecular flexibility index (Phi) is 6.37. The van der Waals surface area contributed by atoms with Crippen LogP contribution in [0.1, 0.15) is 27.6 Å². The monoisotopic (exact) mass is 363 g/mol. The summed E-state index contributed by atoms with van der Waals surface area (Å²) in [5.74, 6) is -2.26. The number of halogens is 2. The zero-order valence-electron chi connectivity index (χ0n) is 13.7. The van der Waals surface area contributed by atoms with Crippen molar-refractivity contribution >= 4 is 23.3 Å². The van der Waals surface area contributed by atoms with E-state index in [4.69, 9.17) is 4.74 Å². The number of amides is 1. The van der Waals surface area contributed by atoms with E-state index >= 15 is 0 Å². The Hall–Kier alpha value is -3.29. The molecule has 1 amide bonds. The molecular formula is C18H15F2NO5. The van der Waals surface area contributed by atoms with Crippen LogP contribution in [0.3, 0.4) is 0 Å². The first-order valence-corrected chi connectivity index (χ1v) is 7.49. The Morgan fingerprint density at radius 1 is 1.00 bits per heavy atom. The summed E-state index contributed by atoms with van der Waals surface area (Å²) in [6.07, 6.45) is 0. The van der Waals surface area contributed by atoms with Crippen molar-refractivity contribution in [2.45, 2.75) is 13.5 Å². The molecule has 6 nitrogen and oxygen atoms in total. The lowest BCUT2D eigenvalue weighted by Gasteiger charge is -2.11. The van der Waals surface area contributed by atoms with Gasteiger partial charge in [-0.3, -0.25) is 9.59 Å². The Balaban J connectivity index is 2.00. The molecule has 0 unspecified atom stereocenters. The number of anilines is 1. The average molecular weight is 363 g/mol. The lowest BCUT2D eigenvalue weighted by atomic mass is 10.1. The van der Waals surface area contributed by atoms with Gasteiger partial charge in [-0.2, -0.15) is 8.78 Å². The predicted octanol–water partition coefficient (Wildman–Crippen LogP) is 3.29. The van der Waals surface area contributed by atoms with E-state index in [1.165, 1.54) is 37.3 Å². The summed E-state index contributed by atoms with van der Waals surface area (Å²) in [5.41, 5.74) is 0.357. The van der Waals surface area contributed by atoms with Gasteiger partial charge in [0.2, 0.25) is 0 Å². The highest BCUT2D eigenvalue weighted by molar-refractivity contribution is 6.04. The zero-order chi connectivity index (χ0) is 19.1. The van der Waals surface area contributed by atoms with Gasteiger partial charge in [-0.05, 0) is 31.2 Å². The van der Waals surface area contributed by atoms with Crippen molar-refractivity contribution < 1.29 is 32.6 Å². The molecule has 0 spiro atoms. The second-order valence-corrected chi connectivity index (χ2v) is 5.10. The van der Waals surface area contributed by atoms with E-state index < -0.39 is 25.1 Å². The Morgan fingerprint density at radius 2 is 1.62 bits per heavy atom. The summed E-state index contributed by atoms with van der Waals surface area (Å²) in [6, 6.07) is 11.6. The minimum absolute atomic E-state index is 0.232. The molecule has 2 aromatic carbocycles. The van der Waals surface area contributed by atoms with E-state index in [9.17, 15) is 23.2 Å². The highest BCUT2D eigenvalue weighted by Crippen LogP contribution is 2.21. The van der Waals surface area contributed by atoms with E-state index in [0.29, 0.717) is 5.56 Å². The molecule has 0 radical (unpaired) electrons. The summed E-state index contributed by atoms with van der Waals surface area (Å²) in [7, 11) is 0. The second kappa shape index (κ2) is 8.70. The minimum Gasteiger partial charge on any atom is -0.452 e. The summed E-state index contributed by atoms with van der Waals surface area (Å²) in [6.45, 7) is -2.41. The van der Waals surface area contributed by atoms with Crippen LogP contribution in [0.15, 0.2) is 48.5 Å². The molecule has 0 aliphatic heterocycles. The normalized spacial score (nSPS) is 10.3. The van der Waals surface area contributed by atoms with E-state index in [2.05, 4.69) is 10.1 Å². The second-order valence-electron chi connectivity index (χ2n) is 5.10. The van der Waals surface area contributed by atoms with Gasteiger partial charge in [-0.15, -0.1) is 0 Å². The molecule has 8 heteroatoms. The van der Waals surface area contributed by atoms with Crippen LogP contribution in [0.25, 0.3) is 0 Å². The van der Waals surface area contributed by atoms with Crippen LogP contribution in [-0.2, 0) is 9.53 Å². The van der Waals surface area contributed by atoms with Crippen molar-refractivity contribution in [2.24, 2.45) is 0 Å². The fourth-order valence-corrected chi connectivity index (χ4v) is 2.13. The van der Waals surface area contributed by atoms with Crippen molar-refractivity contribution in [3.63, 3.8) is 0 Å². The number of ketones is 1. The molecule has 0 aliphatic carbocycles. The number of alkyl halides is 2. The quantitative estimate of drug-likeness (QED) is 0.603. The number of hydrogen-bond acceptors (Lipinski definition) is 5. The molecule has 0 heterocycles. The van der Waals surface area contributed by atoms with Crippen molar-refractivity contribution in [3.05, 3.63) is 59.7 Å². The van der Waals surface area contributed by atoms with Crippen LogP contribution in [0, 0.1) is 0 Å². The molecule has 0 fully saturated rings. The van der Waals surface area contributed by atoms with Crippen LogP contribution in [-0.4, -0.2) is 30.9 Å².